The number of hydrogen-bond acceptors (Lipinski definition) is 4. The van der Waals surface area contributed by atoms with Gasteiger partial charge in [-0.05, 0) is 44.6 Å². The topological polar surface area (TPSA) is 84.1 Å². The molecule has 2 aliphatic carbocycles. The van der Waals surface area contributed by atoms with E-state index in [2.05, 4.69) is 15.5 Å². The first kappa shape index (κ1) is 13.8. The van der Waals surface area contributed by atoms with Crippen molar-refractivity contribution in [2.75, 3.05) is 0 Å². The summed E-state index contributed by atoms with van der Waals surface area (Å²) in [4.78, 5) is 24.2. The summed E-state index contributed by atoms with van der Waals surface area (Å²) in [5, 5.41) is 10.2. The van der Waals surface area contributed by atoms with Crippen LogP contribution in [0.15, 0.2) is 6.07 Å². The van der Waals surface area contributed by atoms with Gasteiger partial charge in [-0.25, -0.2) is 0 Å². The number of aromatic nitrogens is 2. The summed E-state index contributed by atoms with van der Waals surface area (Å²) in [6.45, 7) is 0.430. The highest BCUT2D eigenvalue weighted by Crippen LogP contribution is 2.45. The number of rotatable bonds is 4. The minimum Gasteiger partial charge on any atom is -0.458 e. The van der Waals surface area contributed by atoms with Crippen LogP contribution in [0, 0.1) is 5.92 Å². The van der Waals surface area contributed by atoms with Crippen LogP contribution in [0.4, 0.5) is 0 Å². The van der Waals surface area contributed by atoms with E-state index in [9.17, 15) is 9.59 Å². The molecule has 2 heterocycles. The Kier molecular flexibility index (Phi) is 3.20. The van der Waals surface area contributed by atoms with Gasteiger partial charge in [0.15, 0.2) is 0 Å². The molecule has 1 atom stereocenters. The van der Waals surface area contributed by atoms with Crippen molar-refractivity contribution < 1.29 is 14.3 Å². The first-order chi connectivity index (χ1) is 10.7. The highest BCUT2D eigenvalue weighted by molar-refractivity contribution is 5.87. The van der Waals surface area contributed by atoms with Crippen LogP contribution in [0.3, 0.4) is 0 Å². The van der Waals surface area contributed by atoms with Crippen molar-refractivity contribution >= 4 is 11.9 Å². The SMILES string of the molecule is O=C1C[C@H](C(=O)NCc2cc(C3CC3)n[nH]2)C2(CCCC2)O1. The Balaban J connectivity index is 1.39. The number of carbonyl (C=O) groups is 2. The lowest BCUT2D eigenvalue weighted by Gasteiger charge is -2.27. The predicted octanol–water partition coefficient (Wildman–Crippen LogP) is 1.78. The van der Waals surface area contributed by atoms with E-state index in [1.165, 1.54) is 12.8 Å². The summed E-state index contributed by atoms with van der Waals surface area (Å²) in [6, 6.07) is 2.03. The molecule has 4 rings (SSSR count). The van der Waals surface area contributed by atoms with Crippen molar-refractivity contribution in [1.82, 2.24) is 15.5 Å². The largest absolute Gasteiger partial charge is 0.458 e. The van der Waals surface area contributed by atoms with E-state index in [0.29, 0.717) is 12.5 Å². The molecule has 2 saturated carbocycles. The van der Waals surface area contributed by atoms with Crippen LogP contribution in [0.2, 0.25) is 0 Å². The second-order valence-electron chi connectivity index (χ2n) is 6.81. The van der Waals surface area contributed by atoms with Crippen molar-refractivity contribution in [3.05, 3.63) is 17.5 Å². The number of nitrogens with one attached hydrogen (secondary N) is 2. The molecule has 1 aromatic rings. The summed E-state index contributed by atoms with van der Waals surface area (Å²) in [5.41, 5.74) is 1.48. The molecular weight excluding hydrogens is 282 g/mol. The number of nitrogens with zero attached hydrogens (tertiary/aromatic N) is 1. The molecule has 22 heavy (non-hydrogen) atoms. The van der Waals surface area contributed by atoms with E-state index in [-0.39, 0.29) is 24.2 Å². The monoisotopic (exact) mass is 303 g/mol. The third-order valence-corrected chi connectivity index (χ3v) is 5.19. The van der Waals surface area contributed by atoms with E-state index in [1.54, 1.807) is 0 Å². The third kappa shape index (κ3) is 2.40. The van der Waals surface area contributed by atoms with Gasteiger partial charge < -0.3 is 10.1 Å². The normalized spacial score (nSPS) is 26.4. The van der Waals surface area contributed by atoms with Crippen LogP contribution in [-0.4, -0.2) is 27.7 Å². The van der Waals surface area contributed by atoms with Gasteiger partial charge in [0.05, 0.1) is 30.3 Å². The molecule has 1 amide bonds. The van der Waals surface area contributed by atoms with Gasteiger partial charge in [0, 0.05) is 5.92 Å². The van der Waals surface area contributed by atoms with Gasteiger partial charge in [-0.3, -0.25) is 14.7 Å². The van der Waals surface area contributed by atoms with Gasteiger partial charge in [-0.15, -0.1) is 0 Å². The number of carbonyl (C=O) groups excluding carboxylic acids is 2. The molecule has 3 fully saturated rings. The Morgan fingerprint density at radius 1 is 1.41 bits per heavy atom. The first-order valence-electron chi connectivity index (χ1n) is 8.20. The van der Waals surface area contributed by atoms with Crippen molar-refractivity contribution in [3.8, 4) is 0 Å². The fraction of sp³-hybridized carbons (Fsp3) is 0.688. The molecule has 0 unspecified atom stereocenters. The second kappa shape index (κ2) is 5.11. The zero-order valence-electron chi connectivity index (χ0n) is 12.6. The molecule has 3 aliphatic rings. The average molecular weight is 303 g/mol. The van der Waals surface area contributed by atoms with Gasteiger partial charge in [0.25, 0.3) is 0 Å². The van der Waals surface area contributed by atoms with E-state index in [0.717, 1.165) is 37.1 Å². The zero-order chi connectivity index (χ0) is 15.2. The molecule has 0 aromatic carbocycles. The minimum absolute atomic E-state index is 0.0738. The molecule has 6 heteroatoms. The molecule has 2 N–H and O–H groups in total. The lowest BCUT2D eigenvalue weighted by molar-refractivity contribution is -0.149. The van der Waals surface area contributed by atoms with E-state index in [4.69, 9.17) is 4.74 Å². The summed E-state index contributed by atoms with van der Waals surface area (Å²) in [5.74, 6) is -0.0495. The van der Waals surface area contributed by atoms with Gasteiger partial charge in [-0.1, -0.05) is 0 Å². The fourth-order valence-corrected chi connectivity index (χ4v) is 3.81. The number of esters is 1. The molecule has 0 bridgehead atoms. The third-order valence-electron chi connectivity index (χ3n) is 5.19. The maximum Gasteiger partial charge on any atom is 0.307 e. The van der Waals surface area contributed by atoms with E-state index < -0.39 is 5.60 Å². The number of H-pyrrole nitrogens is 1. The molecule has 1 spiro atoms. The Bertz CT molecular complexity index is 600. The number of ether oxygens (including phenoxy) is 1. The molecule has 118 valence electrons. The molecule has 1 aliphatic heterocycles. The minimum atomic E-state index is -0.533. The lowest BCUT2D eigenvalue weighted by atomic mass is 9.85. The summed E-state index contributed by atoms with van der Waals surface area (Å²) in [6.07, 6.45) is 6.31. The van der Waals surface area contributed by atoms with Gasteiger partial charge in [-0.2, -0.15) is 5.10 Å². The lowest BCUT2D eigenvalue weighted by Crippen LogP contribution is -2.42. The van der Waals surface area contributed by atoms with Crippen LogP contribution >= 0.6 is 0 Å². The van der Waals surface area contributed by atoms with Crippen LogP contribution < -0.4 is 5.32 Å². The van der Waals surface area contributed by atoms with Crippen molar-refractivity contribution in [3.63, 3.8) is 0 Å². The molecule has 1 aromatic heterocycles. The van der Waals surface area contributed by atoms with E-state index >= 15 is 0 Å². The summed E-state index contributed by atoms with van der Waals surface area (Å²) >= 11 is 0. The van der Waals surface area contributed by atoms with Crippen molar-refractivity contribution in [1.29, 1.82) is 0 Å². The van der Waals surface area contributed by atoms with Crippen molar-refractivity contribution in [2.45, 2.75) is 63.0 Å². The van der Waals surface area contributed by atoms with Gasteiger partial charge in [0.1, 0.15) is 5.60 Å². The Labute approximate surface area is 129 Å². The highest BCUT2D eigenvalue weighted by atomic mass is 16.6. The zero-order valence-corrected chi connectivity index (χ0v) is 12.6. The Morgan fingerprint density at radius 3 is 2.91 bits per heavy atom. The van der Waals surface area contributed by atoms with Crippen LogP contribution in [0.1, 0.15) is 62.3 Å². The molecule has 6 nitrogen and oxygen atoms in total. The standard InChI is InChI=1S/C16H21N3O3/c20-14-8-12(16(22-14)5-1-2-6-16)15(21)17-9-11-7-13(19-18-11)10-3-4-10/h7,10,12H,1-6,8-9H2,(H,17,21)(H,18,19)/t12-/m1/s1. The number of amides is 1. The summed E-state index contributed by atoms with van der Waals surface area (Å²) in [7, 11) is 0. The van der Waals surface area contributed by atoms with Gasteiger partial charge in [0.2, 0.25) is 5.91 Å². The van der Waals surface area contributed by atoms with Crippen molar-refractivity contribution in [2.24, 2.45) is 5.92 Å². The quantitative estimate of drug-likeness (QED) is 0.830. The molecule has 1 saturated heterocycles. The summed E-state index contributed by atoms with van der Waals surface area (Å²) < 4.78 is 5.52. The second-order valence-corrected chi connectivity index (χ2v) is 6.81. The molecular formula is C16H21N3O3. The Hall–Kier alpha value is -1.85. The van der Waals surface area contributed by atoms with Crippen LogP contribution in [0.5, 0.6) is 0 Å². The fourth-order valence-electron chi connectivity index (χ4n) is 3.81. The molecule has 0 radical (unpaired) electrons. The maximum absolute atomic E-state index is 12.5. The average Bonchev–Trinajstić information content (AvgIpc) is 2.95. The Morgan fingerprint density at radius 2 is 2.18 bits per heavy atom. The number of aromatic amines is 1. The highest BCUT2D eigenvalue weighted by Gasteiger charge is 2.53. The van der Waals surface area contributed by atoms with Gasteiger partial charge >= 0.3 is 5.97 Å². The van der Waals surface area contributed by atoms with E-state index in [1.807, 2.05) is 6.07 Å². The van der Waals surface area contributed by atoms with Crippen LogP contribution in [0.25, 0.3) is 0 Å². The number of hydrogen-bond donors (Lipinski definition) is 2. The maximum atomic E-state index is 12.5. The predicted molar refractivity (Wildman–Crippen MR) is 77.8 cm³/mol. The van der Waals surface area contributed by atoms with Crippen LogP contribution in [-0.2, 0) is 20.9 Å². The smallest absolute Gasteiger partial charge is 0.307 e. The first-order valence-corrected chi connectivity index (χ1v) is 8.20.